The van der Waals surface area contributed by atoms with Crippen molar-refractivity contribution in [2.75, 3.05) is 13.1 Å². The van der Waals surface area contributed by atoms with Gasteiger partial charge < -0.3 is 5.32 Å². The van der Waals surface area contributed by atoms with Crippen molar-refractivity contribution in [1.29, 1.82) is 0 Å². The lowest BCUT2D eigenvalue weighted by atomic mass is 9.82. The summed E-state index contributed by atoms with van der Waals surface area (Å²) in [6, 6.07) is 0. The molecule has 0 aromatic carbocycles. The number of hydrogen-bond acceptors (Lipinski definition) is 1. The maximum Gasteiger partial charge on any atom is -0.00490 e. The van der Waals surface area contributed by atoms with Crippen LogP contribution in [0, 0.1) is 5.41 Å². The van der Waals surface area contributed by atoms with Gasteiger partial charge in [-0.05, 0) is 37.8 Å². The third-order valence-corrected chi connectivity index (χ3v) is 3.66. The molecule has 0 heterocycles. The molecule has 17 heavy (non-hydrogen) atoms. The fourth-order valence-electron chi connectivity index (χ4n) is 2.36. The van der Waals surface area contributed by atoms with Crippen molar-refractivity contribution < 1.29 is 0 Å². The smallest absolute Gasteiger partial charge is 0.00490 e. The van der Waals surface area contributed by atoms with Crippen molar-refractivity contribution in [2.24, 2.45) is 5.41 Å². The Labute approximate surface area is 110 Å². The molecule has 104 valence electrons. The lowest BCUT2D eigenvalue weighted by Crippen LogP contribution is -2.16. The van der Waals surface area contributed by atoms with Crippen molar-refractivity contribution in [3.8, 4) is 0 Å². The topological polar surface area (TPSA) is 12.0 Å². The van der Waals surface area contributed by atoms with E-state index < -0.39 is 0 Å². The summed E-state index contributed by atoms with van der Waals surface area (Å²) in [6.07, 6.45) is 12.6. The third kappa shape index (κ3) is 12.2. The van der Waals surface area contributed by atoms with E-state index in [9.17, 15) is 0 Å². The highest BCUT2D eigenvalue weighted by molar-refractivity contribution is 4.69. The van der Waals surface area contributed by atoms with Crippen LogP contribution in [-0.2, 0) is 0 Å². The average Bonchev–Trinajstić information content (AvgIpc) is 2.28. The van der Waals surface area contributed by atoms with Gasteiger partial charge in [0.1, 0.15) is 0 Å². The van der Waals surface area contributed by atoms with Gasteiger partial charge in [0, 0.05) is 0 Å². The lowest BCUT2D eigenvalue weighted by molar-refractivity contribution is 0.283. The number of nitrogens with one attached hydrogen (secondary N) is 1. The zero-order chi connectivity index (χ0) is 13.0. The summed E-state index contributed by atoms with van der Waals surface area (Å²) in [7, 11) is 0. The summed E-state index contributed by atoms with van der Waals surface area (Å²) in [6.45, 7) is 11.7. The molecule has 0 aromatic rings. The van der Waals surface area contributed by atoms with Crippen molar-refractivity contribution in [1.82, 2.24) is 5.32 Å². The Morgan fingerprint density at radius 1 is 0.765 bits per heavy atom. The zero-order valence-corrected chi connectivity index (χ0v) is 12.8. The SMILES string of the molecule is CCCCCCCC(C)(C)CCCCNCC. The van der Waals surface area contributed by atoms with Gasteiger partial charge in [-0.2, -0.15) is 0 Å². The Bertz CT molecular complexity index is 136. The molecular formula is C16H35N. The largest absolute Gasteiger partial charge is 0.317 e. The van der Waals surface area contributed by atoms with Crippen LogP contribution in [0.15, 0.2) is 0 Å². The minimum Gasteiger partial charge on any atom is -0.317 e. The van der Waals surface area contributed by atoms with E-state index in [0.29, 0.717) is 5.41 Å². The van der Waals surface area contributed by atoms with Crippen LogP contribution in [0.5, 0.6) is 0 Å². The molecule has 0 bridgehead atoms. The first kappa shape index (κ1) is 17.0. The summed E-state index contributed by atoms with van der Waals surface area (Å²) < 4.78 is 0. The first-order valence-corrected chi connectivity index (χ1v) is 7.83. The van der Waals surface area contributed by atoms with Gasteiger partial charge >= 0.3 is 0 Å². The number of hydrogen-bond donors (Lipinski definition) is 1. The van der Waals surface area contributed by atoms with Gasteiger partial charge in [0.2, 0.25) is 0 Å². The molecule has 0 atom stereocenters. The molecule has 1 N–H and O–H groups in total. The highest BCUT2D eigenvalue weighted by Crippen LogP contribution is 2.29. The van der Waals surface area contributed by atoms with Gasteiger partial charge in [-0.25, -0.2) is 0 Å². The Morgan fingerprint density at radius 2 is 1.35 bits per heavy atom. The summed E-state index contributed by atoms with van der Waals surface area (Å²) in [5.74, 6) is 0. The second kappa shape index (κ2) is 11.1. The van der Waals surface area contributed by atoms with E-state index in [0.717, 1.165) is 6.54 Å². The van der Waals surface area contributed by atoms with E-state index in [1.807, 2.05) is 0 Å². The Morgan fingerprint density at radius 3 is 1.94 bits per heavy atom. The summed E-state index contributed by atoms with van der Waals surface area (Å²) >= 11 is 0. The monoisotopic (exact) mass is 241 g/mol. The molecule has 0 radical (unpaired) electrons. The maximum absolute atomic E-state index is 3.40. The Balaban J connectivity index is 3.38. The van der Waals surface area contributed by atoms with Crippen LogP contribution in [0.4, 0.5) is 0 Å². The molecule has 0 aromatic heterocycles. The summed E-state index contributed by atoms with van der Waals surface area (Å²) in [4.78, 5) is 0. The highest BCUT2D eigenvalue weighted by atomic mass is 14.8. The first-order chi connectivity index (χ1) is 8.12. The molecule has 0 aliphatic heterocycles. The predicted molar refractivity (Wildman–Crippen MR) is 79.6 cm³/mol. The fourth-order valence-corrected chi connectivity index (χ4v) is 2.36. The first-order valence-electron chi connectivity index (χ1n) is 7.83. The molecule has 0 aliphatic carbocycles. The molecule has 0 unspecified atom stereocenters. The molecular weight excluding hydrogens is 206 g/mol. The normalized spacial score (nSPS) is 12.0. The van der Waals surface area contributed by atoms with Crippen LogP contribution in [0.1, 0.15) is 85.5 Å². The minimum absolute atomic E-state index is 0.568. The Kier molecular flexibility index (Phi) is 11.0. The van der Waals surface area contributed by atoms with Gasteiger partial charge in [-0.15, -0.1) is 0 Å². The summed E-state index contributed by atoms with van der Waals surface area (Å²) in [5, 5.41) is 3.40. The number of rotatable bonds is 12. The molecule has 0 saturated carbocycles. The Hall–Kier alpha value is -0.0400. The number of unbranched alkanes of at least 4 members (excludes halogenated alkanes) is 5. The van der Waals surface area contributed by atoms with Gasteiger partial charge in [-0.3, -0.25) is 0 Å². The van der Waals surface area contributed by atoms with Crippen molar-refractivity contribution >= 4 is 0 Å². The highest BCUT2D eigenvalue weighted by Gasteiger charge is 2.16. The van der Waals surface area contributed by atoms with Gasteiger partial charge in [0.05, 0.1) is 0 Å². The third-order valence-electron chi connectivity index (χ3n) is 3.66. The van der Waals surface area contributed by atoms with Gasteiger partial charge in [0.25, 0.3) is 0 Å². The van der Waals surface area contributed by atoms with Crippen molar-refractivity contribution in [3.63, 3.8) is 0 Å². The van der Waals surface area contributed by atoms with E-state index in [-0.39, 0.29) is 0 Å². The molecule has 0 aliphatic rings. The van der Waals surface area contributed by atoms with Crippen LogP contribution >= 0.6 is 0 Å². The molecule has 0 spiro atoms. The van der Waals surface area contributed by atoms with Crippen LogP contribution in [-0.4, -0.2) is 13.1 Å². The molecule has 0 amide bonds. The minimum atomic E-state index is 0.568. The molecule has 0 fully saturated rings. The van der Waals surface area contributed by atoms with Crippen molar-refractivity contribution in [2.45, 2.75) is 85.5 Å². The van der Waals surface area contributed by atoms with E-state index in [1.165, 1.54) is 64.3 Å². The van der Waals surface area contributed by atoms with Gasteiger partial charge in [0.15, 0.2) is 0 Å². The van der Waals surface area contributed by atoms with E-state index in [4.69, 9.17) is 0 Å². The fraction of sp³-hybridized carbons (Fsp3) is 1.00. The second-order valence-electron chi connectivity index (χ2n) is 6.14. The average molecular weight is 241 g/mol. The van der Waals surface area contributed by atoms with E-state index in [1.54, 1.807) is 0 Å². The quantitative estimate of drug-likeness (QED) is 0.466. The standard InChI is InChI=1S/C16H35N/c1-5-7-8-9-10-13-16(3,4)14-11-12-15-17-6-2/h17H,5-15H2,1-4H3. The van der Waals surface area contributed by atoms with Crippen LogP contribution in [0.3, 0.4) is 0 Å². The van der Waals surface area contributed by atoms with Crippen LogP contribution in [0.2, 0.25) is 0 Å². The van der Waals surface area contributed by atoms with Crippen LogP contribution in [0.25, 0.3) is 0 Å². The second-order valence-corrected chi connectivity index (χ2v) is 6.14. The van der Waals surface area contributed by atoms with Gasteiger partial charge in [-0.1, -0.05) is 66.2 Å². The van der Waals surface area contributed by atoms with E-state index in [2.05, 4.69) is 33.0 Å². The predicted octanol–water partition coefficient (Wildman–Crippen LogP) is 5.15. The lowest BCUT2D eigenvalue weighted by Gasteiger charge is -2.24. The molecule has 1 nitrogen and oxygen atoms in total. The van der Waals surface area contributed by atoms with E-state index >= 15 is 0 Å². The molecule has 1 heteroatoms. The molecule has 0 rings (SSSR count). The summed E-state index contributed by atoms with van der Waals surface area (Å²) in [5.41, 5.74) is 0.568. The maximum atomic E-state index is 3.40. The van der Waals surface area contributed by atoms with Crippen molar-refractivity contribution in [3.05, 3.63) is 0 Å². The zero-order valence-electron chi connectivity index (χ0n) is 12.8. The van der Waals surface area contributed by atoms with Crippen LogP contribution < -0.4 is 5.32 Å². The molecule has 0 saturated heterocycles.